The number of pyridine rings is 1. The fourth-order valence-corrected chi connectivity index (χ4v) is 3.11. The second-order valence-electron chi connectivity index (χ2n) is 6.71. The van der Waals surface area contributed by atoms with Crippen molar-refractivity contribution in [1.29, 1.82) is 0 Å². The van der Waals surface area contributed by atoms with Crippen LogP contribution < -0.4 is 10.9 Å². The van der Waals surface area contributed by atoms with E-state index in [-0.39, 0.29) is 18.2 Å². The molecular formula is C21H20N4O5. The maximum absolute atomic E-state index is 12.8. The Kier molecular flexibility index (Phi) is 5.71. The van der Waals surface area contributed by atoms with Gasteiger partial charge < -0.3 is 14.4 Å². The van der Waals surface area contributed by atoms with Crippen LogP contribution in [0.5, 0.6) is 0 Å². The maximum Gasteiger partial charge on any atom is 0.412 e. The Balaban J connectivity index is 1.51. The standard InChI is InChI=1S/C21H20N4O5/c26-19(24-8-10-29-11-9-24)16-6-7-18-22-12-17(20(27)25(18)13-16)23-21(28)30-14-15-4-2-1-3-5-15/h1-7,12-13H,8-11,14H2,(H,23,28). The Bertz CT molecular complexity index is 1120. The van der Waals surface area contributed by atoms with Crippen LogP contribution in [0.4, 0.5) is 10.5 Å². The number of fused-ring (bicyclic) bond motifs is 1. The van der Waals surface area contributed by atoms with Crippen LogP contribution in [-0.4, -0.2) is 52.6 Å². The van der Waals surface area contributed by atoms with Gasteiger partial charge in [-0.05, 0) is 17.7 Å². The SMILES string of the molecule is O=C(Nc1cnc2ccc(C(=O)N3CCOCC3)cn2c1=O)OCc1ccccc1. The smallest absolute Gasteiger partial charge is 0.412 e. The van der Waals surface area contributed by atoms with Crippen molar-refractivity contribution < 1.29 is 19.1 Å². The van der Waals surface area contributed by atoms with E-state index in [0.717, 1.165) is 5.56 Å². The molecule has 2 aromatic heterocycles. The summed E-state index contributed by atoms with van der Waals surface area (Å²) < 4.78 is 11.6. The zero-order chi connectivity index (χ0) is 20.9. The van der Waals surface area contributed by atoms with Crippen molar-refractivity contribution in [3.05, 3.63) is 76.3 Å². The van der Waals surface area contributed by atoms with Gasteiger partial charge in [0, 0.05) is 19.3 Å². The van der Waals surface area contributed by atoms with Crippen LogP contribution in [0, 0.1) is 0 Å². The Morgan fingerprint density at radius 1 is 1.10 bits per heavy atom. The number of hydrogen-bond donors (Lipinski definition) is 1. The number of carbonyl (C=O) groups is 2. The van der Waals surface area contributed by atoms with Crippen LogP contribution in [0.15, 0.2) is 59.7 Å². The monoisotopic (exact) mass is 408 g/mol. The zero-order valence-electron chi connectivity index (χ0n) is 16.1. The fourth-order valence-electron chi connectivity index (χ4n) is 3.11. The predicted molar refractivity (Wildman–Crippen MR) is 108 cm³/mol. The molecule has 0 spiro atoms. The molecule has 0 saturated carbocycles. The van der Waals surface area contributed by atoms with Crippen LogP contribution in [0.2, 0.25) is 0 Å². The third kappa shape index (κ3) is 4.31. The first-order chi connectivity index (χ1) is 14.6. The summed E-state index contributed by atoms with van der Waals surface area (Å²) in [5.41, 5.74) is 1.00. The normalized spacial score (nSPS) is 13.8. The molecule has 154 valence electrons. The van der Waals surface area contributed by atoms with Gasteiger partial charge in [0.15, 0.2) is 0 Å². The highest BCUT2D eigenvalue weighted by Crippen LogP contribution is 2.10. The van der Waals surface area contributed by atoms with E-state index in [1.54, 1.807) is 17.0 Å². The molecule has 9 heteroatoms. The molecule has 3 aromatic rings. The molecular weight excluding hydrogens is 388 g/mol. The molecule has 4 rings (SSSR count). The molecule has 30 heavy (non-hydrogen) atoms. The highest BCUT2D eigenvalue weighted by Gasteiger charge is 2.19. The first-order valence-electron chi connectivity index (χ1n) is 9.48. The summed E-state index contributed by atoms with van der Waals surface area (Å²) in [5, 5.41) is 2.42. The molecule has 9 nitrogen and oxygen atoms in total. The average Bonchev–Trinajstić information content (AvgIpc) is 2.80. The van der Waals surface area contributed by atoms with Gasteiger partial charge in [0.05, 0.1) is 25.0 Å². The Hall–Kier alpha value is -3.72. The molecule has 1 aliphatic rings. The number of hydrogen-bond acceptors (Lipinski definition) is 6. The van der Waals surface area contributed by atoms with E-state index in [1.807, 2.05) is 30.3 Å². The topological polar surface area (TPSA) is 102 Å². The van der Waals surface area contributed by atoms with Crippen molar-refractivity contribution in [2.75, 3.05) is 31.6 Å². The molecule has 0 aliphatic carbocycles. The second kappa shape index (κ2) is 8.75. The lowest BCUT2D eigenvalue weighted by Gasteiger charge is -2.26. The number of nitrogens with one attached hydrogen (secondary N) is 1. The minimum Gasteiger partial charge on any atom is -0.444 e. The molecule has 2 amide bonds. The molecule has 1 aliphatic heterocycles. The number of morpholine rings is 1. The van der Waals surface area contributed by atoms with E-state index in [9.17, 15) is 14.4 Å². The van der Waals surface area contributed by atoms with Crippen molar-refractivity contribution >= 4 is 23.3 Å². The summed E-state index contributed by atoms with van der Waals surface area (Å²) >= 11 is 0. The Morgan fingerprint density at radius 2 is 1.87 bits per heavy atom. The maximum atomic E-state index is 12.8. The number of rotatable bonds is 4. The molecule has 1 fully saturated rings. The third-order valence-electron chi connectivity index (χ3n) is 4.70. The molecule has 0 unspecified atom stereocenters. The summed E-state index contributed by atoms with van der Waals surface area (Å²) in [4.78, 5) is 43.4. The Labute approximate surface area is 171 Å². The van der Waals surface area contributed by atoms with Crippen LogP contribution in [0.25, 0.3) is 5.65 Å². The predicted octanol–water partition coefficient (Wildman–Crippen LogP) is 1.92. The average molecular weight is 408 g/mol. The van der Waals surface area contributed by atoms with Gasteiger partial charge >= 0.3 is 6.09 Å². The van der Waals surface area contributed by atoms with Crippen LogP contribution >= 0.6 is 0 Å². The minimum absolute atomic E-state index is 0.0402. The second-order valence-corrected chi connectivity index (χ2v) is 6.71. The van der Waals surface area contributed by atoms with Gasteiger partial charge in [-0.3, -0.25) is 19.3 Å². The van der Waals surface area contributed by atoms with E-state index in [2.05, 4.69) is 10.3 Å². The molecule has 0 radical (unpaired) electrons. The van der Waals surface area contributed by atoms with Gasteiger partial charge in [0.1, 0.15) is 17.9 Å². The number of amides is 2. The van der Waals surface area contributed by atoms with Gasteiger partial charge in [-0.15, -0.1) is 0 Å². The quantitative estimate of drug-likeness (QED) is 0.708. The lowest BCUT2D eigenvalue weighted by atomic mass is 10.2. The molecule has 0 atom stereocenters. The molecule has 1 aromatic carbocycles. The van der Waals surface area contributed by atoms with Crippen molar-refractivity contribution in [3.63, 3.8) is 0 Å². The zero-order valence-corrected chi connectivity index (χ0v) is 16.1. The third-order valence-corrected chi connectivity index (χ3v) is 4.70. The van der Waals surface area contributed by atoms with Gasteiger partial charge in [-0.1, -0.05) is 30.3 Å². The molecule has 1 saturated heterocycles. The Morgan fingerprint density at radius 3 is 2.63 bits per heavy atom. The van der Waals surface area contributed by atoms with E-state index in [1.165, 1.54) is 16.8 Å². The number of aromatic nitrogens is 2. The van der Waals surface area contributed by atoms with Crippen molar-refractivity contribution in [3.8, 4) is 0 Å². The summed E-state index contributed by atoms with van der Waals surface area (Å²) in [6, 6.07) is 12.4. The van der Waals surface area contributed by atoms with Gasteiger partial charge in [-0.25, -0.2) is 9.78 Å². The number of benzene rings is 1. The van der Waals surface area contributed by atoms with E-state index in [4.69, 9.17) is 9.47 Å². The van der Waals surface area contributed by atoms with E-state index < -0.39 is 11.7 Å². The summed E-state index contributed by atoms with van der Waals surface area (Å²) in [6.07, 6.45) is 1.94. The van der Waals surface area contributed by atoms with Gasteiger partial charge in [0.2, 0.25) is 0 Å². The summed E-state index contributed by atoms with van der Waals surface area (Å²) in [7, 11) is 0. The van der Waals surface area contributed by atoms with Crippen molar-refractivity contribution in [2.24, 2.45) is 0 Å². The van der Waals surface area contributed by atoms with Gasteiger partial charge in [0.25, 0.3) is 11.5 Å². The molecule has 3 heterocycles. The molecule has 0 bridgehead atoms. The number of carbonyl (C=O) groups excluding carboxylic acids is 2. The lowest BCUT2D eigenvalue weighted by molar-refractivity contribution is 0.0302. The molecule has 1 N–H and O–H groups in total. The first-order valence-corrected chi connectivity index (χ1v) is 9.48. The summed E-state index contributed by atoms with van der Waals surface area (Å²) in [6.45, 7) is 2.05. The van der Waals surface area contributed by atoms with Crippen LogP contribution in [0.1, 0.15) is 15.9 Å². The minimum atomic E-state index is -0.766. The van der Waals surface area contributed by atoms with E-state index in [0.29, 0.717) is 37.5 Å². The number of nitrogens with zero attached hydrogens (tertiary/aromatic N) is 3. The van der Waals surface area contributed by atoms with Crippen molar-refractivity contribution in [2.45, 2.75) is 6.61 Å². The lowest BCUT2D eigenvalue weighted by Crippen LogP contribution is -2.40. The fraction of sp³-hybridized carbons (Fsp3) is 0.238. The van der Waals surface area contributed by atoms with Gasteiger partial charge in [-0.2, -0.15) is 0 Å². The van der Waals surface area contributed by atoms with Crippen molar-refractivity contribution in [1.82, 2.24) is 14.3 Å². The largest absolute Gasteiger partial charge is 0.444 e. The number of anilines is 1. The highest BCUT2D eigenvalue weighted by molar-refractivity contribution is 5.94. The highest BCUT2D eigenvalue weighted by atomic mass is 16.5. The number of ether oxygens (including phenoxy) is 2. The first kappa shape index (κ1) is 19.6. The summed E-state index contributed by atoms with van der Waals surface area (Å²) in [5.74, 6) is -0.187. The van der Waals surface area contributed by atoms with Crippen LogP contribution in [-0.2, 0) is 16.1 Å². The van der Waals surface area contributed by atoms with E-state index >= 15 is 0 Å². The van der Waals surface area contributed by atoms with Crippen LogP contribution in [0.3, 0.4) is 0 Å².